The number of benzene rings is 3. The minimum atomic E-state index is -1.19. The van der Waals surface area contributed by atoms with E-state index in [0.717, 1.165) is 15.9 Å². The minimum absolute atomic E-state index is 0.0867. The van der Waals surface area contributed by atoms with Gasteiger partial charge in [0.15, 0.2) is 0 Å². The molecule has 1 aliphatic rings. The first-order valence-electron chi connectivity index (χ1n) is 10.7. The molecule has 1 heterocycles. The van der Waals surface area contributed by atoms with Crippen molar-refractivity contribution < 1.29 is 28.4 Å². The third kappa shape index (κ3) is 4.89. The van der Waals surface area contributed by atoms with E-state index in [1.54, 1.807) is 24.3 Å². The van der Waals surface area contributed by atoms with Gasteiger partial charge in [-0.3, -0.25) is 24.5 Å². The highest BCUT2D eigenvalue weighted by molar-refractivity contribution is 6.32. The monoisotopic (exact) mass is 511 g/mol. The van der Waals surface area contributed by atoms with Gasteiger partial charge in [-0.2, -0.15) is 0 Å². The molecule has 9 nitrogen and oxygen atoms in total. The van der Waals surface area contributed by atoms with E-state index in [1.165, 1.54) is 43.5 Å². The molecule has 0 saturated carbocycles. The number of amides is 3. The van der Waals surface area contributed by atoms with Gasteiger partial charge in [0.25, 0.3) is 17.5 Å². The van der Waals surface area contributed by atoms with Crippen molar-refractivity contribution in [3.05, 3.63) is 98.8 Å². The summed E-state index contributed by atoms with van der Waals surface area (Å²) >= 11 is 5.88. The van der Waals surface area contributed by atoms with E-state index in [-0.39, 0.29) is 23.6 Å². The second kappa shape index (κ2) is 10.1. The number of carbonyl (C=O) groups excluding carboxylic acids is 3. The number of nitro benzene ring substituents is 1. The van der Waals surface area contributed by atoms with Crippen LogP contribution in [-0.2, 0) is 16.1 Å². The van der Waals surface area contributed by atoms with Crippen molar-refractivity contribution in [1.29, 1.82) is 0 Å². The summed E-state index contributed by atoms with van der Waals surface area (Å²) in [6.45, 7) is -0.143. The van der Waals surface area contributed by atoms with Gasteiger partial charge in [0.2, 0.25) is 5.91 Å². The predicted molar refractivity (Wildman–Crippen MR) is 128 cm³/mol. The van der Waals surface area contributed by atoms with Crippen molar-refractivity contribution >= 4 is 40.7 Å². The Balaban J connectivity index is 1.71. The Bertz CT molecular complexity index is 1350. The van der Waals surface area contributed by atoms with Crippen LogP contribution in [0.25, 0.3) is 0 Å². The van der Waals surface area contributed by atoms with Gasteiger partial charge in [-0.25, -0.2) is 9.29 Å². The number of nitro groups is 1. The molecule has 3 aromatic rings. The lowest BCUT2D eigenvalue weighted by Gasteiger charge is -2.28. The molecule has 3 amide bonds. The topological polar surface area (TPSA) is 110 Å². The summed E-state index contributed by atoms with van der Waals surface area (Å²) in [6, 6.07) is 13.9. The van der Waals surface area contributed by atoms with Crippen LogP contribution in [0.4, 0.5) is 15.8 Å². The fourth-order valence-corrected chi connectivity index (χ4v) is 4.11. The van der Waals surface area contributed by atoms with Crippen LogP contribution in [0.3, 0.4) is 0 Å². The molecule has 0 spiro atoms. The maximum atomic E-state index is 13.6. The molecule has 1 saturated heterocycles. The normalized spacial score (nSPS) is 15.2. The molecule has 0 N–H and O–H groups in total. The number of halogens is 2. The summed E-state index contributed by atoms with van der Waals surface area (Å²) in [5, 5.41) is 11.2. The van der Waals surface area contributed by atoms with Crippen LogP contribution in [0.15, 0.2) is 66.7 Å². The highest BCUT2D eigenvalue weighted by Gasteiger charge is 2.44. The van der Waals surface area contributed by atoms with Crippen molar-refractivity contribution in [3.8, 4) is 5.75 Å². The van der Waals surface area contributed by atoms with Gasteiger partial charge >= 0.3 is 0 Å². The minimum Gasteiger partial charge on any atom is -0.497 e. The van der Waals surface area contributed by atoms with Gasteiger partial charge in [-0.1, -0.05) is 23.7 Å². The SMILES string of the molecule is COc1ccc(N2C(=O)CC(N(Cc3ccc(F)cc3)C(=O)c3ccc(Cl)c([N+](=O)[O-])c3)C2=O)cc1. The Kier molecular flexibility index (Phi) is 6.98. The molecule has 11 heteroatoms. The largest absolute Gasteiger partial charge is 0.497 e. The molecular weight excluding hydrogens is 493 g/mol. The number of methoxy groups -OCH3 is 1. The van der Waals surface area contributed by atoms with Crippen molar-refractivity contribution in [2.75, 3.05) is 12.0 Å². The number of imide groups is 1. The Hall–Kier alpha value is -4.31. The first-order chi connectivity index (χ1) is 17.2. The first kappa shape index (κ1) is 24.8. The molecule has 1 unspecified atom stereocenters. The average molecular weight is 512 g/mol. The Morgan fingerprint density at radius 3 is 2.42 bits per heavy atom. The fourth-order valence-electron chi connectivity index (χ4n) is 3.92. The highest BCUT2D eigenvalue weighted by atomic mass is 35.5. The molecule has 1 aliphatic heterocycles. The van der Waals surface area contributed by atoms with Crippen molar-refractivity contribution in [1.82, 2.24) is 4.90 Å². The molecule has 0 aromatic heterocycles. The number of rotatable bonds is 7. The standard InChI is InChI=1S/C25H19ClFN3O6/c1-36-19-9-7-18(8-10-19)29-23(31)13-22(25(29)33)28(14-15-2-5-17(27)6-3-15)24(32)16-4-11-20(26)21(12-16)30(34)35/h2-12,22H,13-14H2,1H3. The predicted octanol–water partition coefficient (Wildman–Crippen LogP) is 4.37. The average Bonchev–Trinajstić information content (AvgIpc) is 3.16. The number of nitrogens with zero attached hydrogens (tertiary/aromatic N) is 3. The van der Waals surface area contributed by atoms with Gasteiger partial charge in [-0.05, 0) is 54.1 Å². The second-order valence-electron chi connectivity index (χ2n) is 7.97. The van der Waals surface area contributed by atoms with Crippen LogP contribution in [-0.4, -0.2) is 40.7 Å². The van der Waals surface area contributed by atoms with Gasteiger partial charge in [0, 0.05) is 18.2 Å². The van der Waals surface area contributed by atoms with Gasteiger partial charge in [-0.15, -0.1) is 0 Å². The van der Waals surface area contributed by atoms with Gasteiger partial charge < -0.3 is 9.64 Å². The van der Waals surface area contributed by atoms with Crippen LogP contribution >= 0.6 is 11.6 Å². The summed E-state index contributed by atoms with van der Waals surface area (Å²) in [5.74, 6) is -1.82. The highest BCUT2D eigenvalue weighted by Crippen LogP contribution is 2.31. The molecule has 0 bridgehead atoms. The van der Waals surface area contributed by atoms with E-state index in [2.05, 4.69) is 0 Å². The van der Waals surface area contributed by atoms with E-state index in [1.807, 2.05) is 0 Å². The van der Waals surface area contributed by atoms with Crippen LogP contribution in [0.2, 0.25) is 5.02 Å². The first-order valence-corrected chi connectivity index (χ1v) is 11.1. The molecule has 4 rings (SSSR count). The molecule has 1 fully saturated rings. The Morgan fingerprint density at radius 2 is 1.81 bits per heavy atom. The van der Waals surface area contributed by atoms with Crippen LogP contribution in [0.5, 0.6) is 5.75 Å². The molecule has 3 aromatic carbocycles. The summed E-state index contributed by atoms with van der Waals surface area (Å²) in [6.07, 6.45) is -0.298. The summed E-state index contributed by atoms with van der Waals surface area (Å²) in [5.41, 5.74) is 0.246. The molecule has 36 heavy (non-hydrogen) atoms. The van der Waals surface area contributed by atoms with Crippen LogP contribution in [0.1, 0.15) is 22.3 Å². The van der Waals surface area contributed by atoms with E-state index >= 15 is 0 Å². The third-order valence-corrected chi connectivity index (χ3v) is 6.07. The number of carbonyl (C=O) groups is 3. The molecule has 1 atom stereocenters. The number of ether oxygens (including phenoxy) is 1. The van der Waals surface area contributed by atoms with Crippen molar-refractivity contribution in [2.24, 2.45) is 0 Å². The molecule has 184 valence electrons. The lowest BCUT2D eigenvalue weighted by atomic mass is 10.1. The fraction of sp³-hybridized carbons (Fsp3) is 0.160. The molecule has 0 aliphatic carbocycles. The number of hydrogen-bond acceptors (Lipinski definition) is 6. The van der Waals surface area contributed by atoms with E-state index in [9.17, 15) is 28.9 Å². The maximum Gasteiger partial charge on any atom is 0.288 e. The zero-order chi connectivity index (χ0) is 26.0. The summed E-state index contributed by atoms with van der Waals surface area (Å²) in [7, 11) is 1.48. The summed E-state index contributed by atoms with van der Waals surface area (Å²) < 4.78 is 18.6. The Morgan fingerprint density at radius 1 is 1.14 bits per heavy atom. The second-order valence-corrected chi connectivity index (χ2v) is 8.38. The van der Waals surface area contributed by atoms with E-state index in [0.29, 0.717) is 17.0 Å². The molecule has 0 radical (unpaired) electrons. The lowest BCUT2D eigenvalue weighted by molar-refractivity contribution is -0.384. The number of hydrogen-bond donors (Lipinski definition) is 0. The van der Waals surface area contributed by atoms with Crippen molar-refractivity contribution in [2.45, 2.75) is 19.0 Å². The van der Waals surface area contributed by atoms with Crippen molar-refractivity contribution in [3.63, 3.8) is 0 Å². The third-order valence-electron chi connectivity index (χ3n) is 5.75. The zero-order valence-corrected chi connectivity index (χ0v) is 19.6. The maximum absolute atomic E-state index is 13.6. The smallest absolute Gasteiger partial charge is 0.288 e. The quantitative estimate of drug-likeness (QED) is 0.265. The van der Waals surface area contributed by atoms with E-state index < -0.39 is 40.2 Å². The van der Waals surface area contributed by atoms with Crippen LogP contribution in [0, 0.1) is 15.9 Å². The molecular formula is C25H19ClFN3O6. The lowest BCUT2D eigenvalue weighted by Crippen LogP contribution is -2.45. The van der Waals surface area contributed by atoms with Gasteiger partial charge in [0.05, 0.1) is 24.1 Å². The zero-order valence-electron chi connectivity index (χ0n) is 18.9. The Labute approximate surface area is 209 Å². The van der Waals surface area contributed by atoms with E-state index in [4.69, 9.17) is 16.3 Å². The van der Waals surface area contributed by atoms with Gasteiger partial charge in [0.1, 0.15) is 22.6 Å². The number of anilines is 1. The summed E-state index contributed by atoms with van der Waals surface area (Å²) in [4.78, 5) is 52.6. The van der Waals surface area contributed by atoms with Crippen LogP contribution < -0.4 is 9.64 Å².